The molecule has 9 heteroatoms. The fraction of sp³-hybridized carbons (Fsp3) is 0.294. The minimum Gasteiger partial charge on any atom is -0.478 e. The average Bonchev–Trinajstić information content (AvgIpc) is 3.03. The van der Waals surface area contributed by atoms with Gasteiger partial charge in [0.05, 0.1) is 11.8 Å². The van der Waals surface area contributed by atoms with Crippen LogP contribution in [0.15, 0.2) is 35.3 Å². The lowest BCUT2D eigenvalue weighted by atomic mass is 10.2. The standard InChI is InChI=1S/C17H18N6O3/c1-21-14-13(10-18-21)15(24)20-17(19-14)23-8-6-22(7-9-23)12-4-2-11(3-5-12)16(25)26/h2-5,10H,6-9H2,1H3,(H,25,26)(H,19,20,24). The number of aryl methyl sites for hydroxylation is 1. The van der Waals surface area contributed by atoms with Gasteiger partial charge < -0.3 is 14.9 Å². The summed E-state index contributed by atoms with van der Waals surface area (Å²) in [5, 5.41) is 13.5. The summed E-state index contributed by atoms with van der Waals surface area (Å²) in [6.45, 7) is 2.90. The predicted octanol–water partition coefficient (Wildman–Crippen LogP) is 0.681. The van der Waals surface area contributed by atoms with Crippen LogP contribution >= 0.6 is 0 Å². The first kappa shape index (κ1) is 16.1. The molecule has 1 saturated heterocycles. The predicted molar refractivity (Wildman–Crippen MR) is 97.0 cm³/mol. The number of carboxylic acids is 1. The van der Waals surface area contributed by atoms with Gasteiger partial charge in [0.2, 0.25) is 5.95 Å². The van der Waals surface area contributed by atoms with E-state index < -0.39 is 5.97 Å². The lowest BCUT2D eigenvalue weighted by molar-refractivity contribution is 0.0697. The third-order valence-corrected chi connectivity index (χ3v) is 4.65. The van der Waals surface area contributed by atoms with Gasteiger partial charge in [-0.2, -0.15) is 10.1 Å². The zero-order chi connectivity index (χ0) is 18.3. The van der Waals surface area contributed by atoms with Gasteiger partial charge in [-0.15, -0.1) is 0 Å². The maximum Gasteiger partial charge on any atom is 0.335 e. The molecule has 0 unspecified atom stereocenters. The summed E-state index contributed by atoms with van der Waals surface area (Å²) in [4.78, 5) is 34.7. The summed E-state index contributed by atoms with van der Waals surface area (Å²) in [5.41, 5.74) is 1.64. The number of benzene rings is 1. The number of piperazine rings is 1. The second-order valence-electron chi connectivity index (χ2n) is 6.22. The average molecular weight is 354 g/mol. The van der Waals surface area contributed by atoms with Gasteiger partial charge >= 0.3 is 5.97 Å². The smallest absolute Gasteiger partial charge is 0.335 e. The van der Waals surface area contributed by atoms with Crippen LogP contribution in [0.5, 0.6) is 0 Å². The Hall–Kier alpha value is -3.36. The highest BCUT2D eigenvalue weighted by Crippen LogP contribution is 2.19. The number of nitrogens with one attached hydrogen (secondary N) is 1. The van der Waals surface area contributed by atoms with Gasteiger partial charge in [-0.25, -0.2) is 4.79 Å². The highest BCUT2D eigenvalue weighted by atomic mass is 16.4. The summed E-state index contributed by atoms with van der Waals surface area (Å²) in [6.07, 6.45) is 1.52. The van der Waals surface area contributed by atoms with Crippen LogP contribution in [0.2, 0.25) is 0 Å². The number of anilines is 2. The van der Waals surface area contributed by atoms with Crippen molar-refractivity contribution in [1.29, 1.82) is 0 Å². The molecule has 3 aromatic rings. The van der Waals surface area contributed by atoms with E-state index in [0.29, 0.717) is 30.1 Å². The number of carboxylic acid groups (broad SMARTS) is 1. The minimum absolute atomic E-state index is 0.190. The fourth-order valence-corrected chi connectivity index (χ4v) is 3.16. The van der Waals surface area contributed by atoms with Crippen molar-refractivity contribution in [1.82, 2.24) is 19.7 Å². The van der Waals surface area contributed by atoms with Crippen LogP contribution in [0, 0.1) is 0 Å². The van der Waals surface area contributed by atoms with Crippen LogP contribution in [0.4, 0.5) is 11.6 Å². The number of hydrogen-bond donors (Lipinski definition) is 2. The van der Waals surface area contributed by atoms with Crippen molar-refractivity contribution in [3.05, 3.63) is 46.4 Å². The minimum atomic E-state index is -0.929. The maximum absolute atomic E-state index is 12.2. The monoisotopic (exact) mass is 354 g/mol. The van der Waals surface area contributed by atoms with Gasteiger partial charge in [-0.3, -0.25) is 14.5 Å². The van der Waals surface area contributed by atoms with Gasteiger partial charge in [-0.05, 0) is 24.3 Å². The van der Waals surface area contributed by atoms with Crippen LogP contribution in [-0.4, -0.2) is 57.0 Å². The number of rotatable bonds is 3. The van der Waals surface area contributed by atoms with E-state index in [1.54, 1.807) is 23.9 Å². The Bertz CT molecular complexity index is 1020. The second-order valence-corrected chi connectivity index (χ2v) is 6.22. The summed E-state index contributed by atoms with van der Waals surface area (Å²) < 4.78 is 1.59. The Morgan fingerprint density at radius 3 is 2.42 bits per heavy atom. The number of H-pyrrole nitrogens is 1. The zero-order valence-electron chi connectivity index (χ0n) is 14.2. The van der Waals surface area contributed by atoms with Gasteiger partial charge in [0.25, 0.3) is 5.56 Å². The Kier molecular flexibility index (Phi) is 3.83. The number of aromatic carboxylic acids is 1. The molecule has 3 heterocycles. The van der Waals surface area contributed by atoms with Gasteiger partial charge in [0.1, 0.15) is 5.39 Å². The Morgan fingerprint density at radius 1 is 1.12 bits per heavy atom. The van der Waals surface area contributed by atoms with Crippen molar-refractivity contribution in [3.63, 3.8) is 0 Å². The summed E-state index contributed by atoms with van der Waals surface area (Å²) in [6, 6.07) is 6.86. The quantitative estimate of drug-likeness (QED) is 0.712. The fourth-order valence-electron chi connectivity index (χ4n) is 3.16. The molecule has 0 radical (unpaired) electrons. The van der Waals surface area contributed by atoms with Gasteiger partial charge in [0, 0.05) is 38.9 Å². The number of carbonyl (C=O) groups is 1. The Morgan fingerprint density at radius 2 is 1.77 bits per heavy atom. The largest absolute Gasteiger partial charge is 0.478 e. The molecular weight excluding hydrogens is 336 g/mol. The van der Waals surface area contributed by atoms with Crippen LogP contribution in [0.1, 0.15) is 10.4 Å². The third-order valence-electron chi connectivity index (χ3n) is 4.65. The molecule has 0 aliphatic carbocycles. The molecule has 0 saturated carbocycles. The molecule has 0 spiro atoms. The van der Waals surface area contributed by atoms with Crippen molar-refractivity contribution >= 4 is 28.6 Å². The molecule has 1 fully saturated rings. The molecule has 9 nitrogen and oxygen atoms in total. The van der Waals surface area contributed by atoms with Crippen LogP contribution in [0.25, 0.3) is 11.0 Å². The van der Waals surface area contributed by atoms with E-state index in [9.17, 15) is 9.59 Å². The highest BCUT2D eigenvalue weighted by Gasteiger charge is 2.20. The maximum atomic E-state index is 12.2. The lowest BCUT2D eigenvalue weighted by Gasteiger charge is -2.36. The Balaban J connectivity index is 1.50. The molecule has 4 rings (SSSR count). The zero-order valence-corrected chi connectivity index (χ0v) is 14.2. The molecule has 0 amide bonds. The van der Waals surface area contributed by atoms with E-state index in [-0.39, 0.29) is 11.1 Å². The van der Waals surface area contributed by atoms with Crippen LogP contribution in [0.3, 0.4) is 0 Å². The number of nitrogens with zero attached hydrogens (tertiary/aromatic N) is 5. The van der Waals surface area contributed by atoms with Crippen molar-refractivity contribution in [2.45, 2.75) is 0 Å². The molecule has 0 atom stereocenters. The molecule has 0 bridgehead atoms. The lowest BCUT2D eigenvalue weighted by Crippen LogP contribution is -2.47. The van der Waals surface area contributed by atoms with Crippen LogP contribution in [-0.2, 0) is 7.05 Å². The van der Waals surface area contributed by atoms with Crippen LogP contribution < -0.4 is 15.4 Å². The van der Waals surface area contributed by atoms with E-state index in [4.69, 9.17) is 5.11 Å². The topological polar surface area (TPSA) is 107 Å². The van der Waals surface area contributed by atoms with Gasteiger partial charge in [-0.1, -0.05) is 0 Å². The molecule has 2 N–H and O–H groups in total. The Labute approximate surface area is 148 Å². The van der Waals surface area contributed by atoms with Crippen molar-refractivity contribution in [2.75, 3.05) is 36.0 Å². The number of fused-ring (bicyclic) bond motifs is 1. The SMILES string of the molecule is Cn1ncc2c(=O)[nH]c(N3CCN(c4ccc(C(=O)O)cc4)CC3)nc21. The first-order chi connectivity index (χ1) is 12.5. The third kappa shape index (κ3) is 2.77. The molecule has 1 aliphatic heterocycles. The molecule has 2 aromatic heterocycles. The molecule has 134 valence electrons. The molecular formula is C17H18N6O3. The second kappa shape index (κ2) is 6.17. The van der Waals surface area contributed by atoms with E-state index in [1.165, 1.54) is 6.20 Å². The number of hydrogen-bond acceptors (Lipinski definition) is 6. The summed E-state index contributed by atoms with van der Waals surface area (Å²) in [5.74, 6) is -0.381. The first-order valence-corrected chi connectivity index (χ1v) is 8.28. The normalized spacial score (nSPS) is 14.8. The van der Waals surface area contributed by atoms with Crippen molar-refractivity contribution in [2.24, 2.45) is 7.05 Å². The summed E-state index contributed by atoms with van der Waals surface area (Å²) >= 11 is 0. The van der Waals surface area contributed by atoms with E-state index in [1.807, 2.05) is 17.0 Å². The molecule has 1 aromatic carbocycles. The highest BCUT2D eigenvalue weighted by molar-refractivity contribution is 5.88. The van der Waals surface area contributed by atoms with Crippen molar-refractivity contribution < 1.29 is 9.90 Å². The number of aromatic nitrogens is 4. The molecule has 1 aliphatic rings. The first-order valence-electron chi connectivity index (χ1n) is 8.28. The van der Waals surface area contributed by atoms with Crippen molar-refractivity contribution in [3.8, 4) is 0 Å². The van der Waals surface area contributed by atoms with Gasteiger partial charge in [0.15, 0.2) is 5.65 Å². The van der Waals surface area contributed by atoms with E-state index >= 15 is 0 Å². The molecule has 26 heavy (non-hydrogen) atoms. The number of aromatic amines is 1. The van der Waals surface area contributed by atoms with E-state index in [0.717, 1.165) is 18.8 Å². The summed E-state index contributed by atoms with van der Waals surface area (Å²) in [7, 11) is 1.76. The van der Waals surface area contributed by atoms with E-state index in [2.05, 4.69) is 20.0 Å².